The van der Waals surface area contributed by atoms with E-state index in [4.69, 9.17) is 5.73 Å². The van der Waals surface area contributed by atoms with Gasteiger partial charge in [0, 0.05) is 25.3 Å². The van der Waals surface area contributed by atoms with Crippen LogP contribution in [0.4, 0.5) is 5.69 Å². The number of nitrogens with zero attached hydrogens (tertiary/aromatic N) is 2. The molecule has 3 heteroatoms. The van der Waals surface area contributed by atoms with E-state index in [9.17, 15) is 0 Å². The molecule has 1 fully saturated rings. The number of aromatic nitrogens is 1. The number of nitrogens with two attached hydrogens (primary N) is 1. The Morgan fingerprint density at radius 2 is 2.36 bits per heavy atom. The molecule has 0 atom stereocenters. The van der Waals surface area contributed by atoms with Crippen LogP contribution in [0, 0.1) is 0 Å². The van der Waals surface area contributed by atoms with Crippen LogP contribution in [-0.4, -0.2) is 24.1 Å². The summed E-state index contributed by atoms with van der Waals surface area (Å²) in [5, 5.41) is 0. The Balaban J connectivity index is 2.08. The summed E-state index contributed by atoms with van der Waals surface area (Å²) in [6.45, 7) is 1.93. The van der Waals surface area contributed by atoms with Gasteiger partial charge in [-0.2, -0.15) is 0 Å². The van der Waals surface area contributed by atoms with Gasteiger partial charge in [0.05, 0.1) is 11.9 Å². The molecule has 1 saturated heterocycles. The van der Waals surface area contributed by atoms with Gasteiger partial charge in [0.1, 0.15) is 0 Å². The Bertz CT molecular complexity index is 228. The summed E-state index contributed by atoms with van der Waals surface area (Å²) in [5.74, 6) is 0. The second-order valence-electron chi connectivity index (χ2n) is 2.88. The lowest BCUT2D eigenvalue weighted by Crippen LogP contribution is -2.55. The van der Waals surface area contributed by atoms with Crippen molar-refractivity contribution in [2.45, 2.75) is 6.04 Å². The van der Waals surface area contributed by atoms with Gasteiger partial charge in [0.25, 0.3) is 0 Å². The summed E-state index contributed by atoms with van der Waals surface area (Å²) in [7, 11) is 0. The lowest BCUT2D eigenvalue weighted by atomic mass is 10.1. The zero-order chi connectivity index (χ0) is 7.68. The number of rotatable bonds is 1. The molecular weight excluding hydrogens is 138 g/mol. The number of hydrogen-bond donors (Lipinski definition) is 1. The summed E-state index contributed by atoms with van der Waals surface area (Å²) >= 11 is 0. The molecule has 0 bridgehead atoms. The molecule has 1 aromatic rings. The zero-order valence-electron chi connectivity index (χ0n) is 6.27. The molecule has 2 N–H and O–H groups in total. The molecule has 58 valence electrons. The van der Waals surface area contributed by atoms with E-state index < -0.39 is 0 Å². The van der Waals surface area contributed by atoms with E-state index in [1.807, 2.05) is 12.3 Å². The van der Waals surface area contributed by atoms with Gasteiger partial charge in [-0.3, -0.25) is 4.98 Å². The first-order chi connectivity index (χ1) is 5.36. The lowest BCUT2D eigenvalue weighted by molar-refractivity contribution is 0.519. The second-order valence-corrected chi connectivity index (χ2v) is 2.88. The van der Waals surface area contributed by atoms with Gasteiger partial charge < -0.3 is 10.6 Å². The van der Waals surface area contributed by atoms with E-state index in [0.717, 1.165) is 13.1 Å². The number of hydrogen-bond acceptors (Lipinski definition) is 3. The summed E-state index contributed by atoms with van der Waals surface area (Å²) in [6, 6.07) is 4.35. The lowest BCUT2D eigenvalue weighted by Gasteiger charge is -2.38. The van der Waals surface area contributed by atoms with E-state index >= 15 is 0 Å². The highest BCUT2D eigenvalue weighted by molar-refractivity contribution is 5.46. The zero-order valence-corrected chi connectivity index (χ0v) is 6.27. The minimum atomic E-state index is 0.357. The van der Waals surface area contributed by atoms with Crippen LogP contribution >= 0.6 is 0 Å². The summed E-state index contributed by atoms with van der Waals surface area (Å²) in [4.78, 5) is 6.25. The summed E-state index contributed by atoms with van der Waals surface area (Å²) < 4.78 is 0. The molecule has 0 unspecified atom stereocenters. The van der Waals surface area contributed by atoms with Gasteiger partial charge in [0.15, 0.2) is 0 Å². The van der Waals surface area contributed by atoms with Crippen LogP contribution < -0.4 is 10.6 Å². The molecule has 1 aliphatic rings. The highest BCUT2D eigenvalue weighted by Crippen LogP contribution is 2.17. The van der Waals surface area contributed by atoms with E-state index in [0.29, 0.717) is 6.04 Å². The normalized spacial score (nSPS) is 18.1. The molecule has 0 aliphatic carbocycles. The van der Waals surface area contributed by atoms with Gasteiger partial charge in [-0.15, -0.1) is 0 Å². The maximum absolute atomic E-state index is 5.64. The molecule has 0 saturated carbocycles. The monoisotopic (exact) mass is 149 g/mol. The van der Waals surface area contributed by atoms with Crippen molar-refractivity contribution in [1.82, 2.24) is 4.98 Å². The average Bonchev–Trinajstić information content (AvgIpc) is 2.01. The maximum atomic E-state index is 5.64. The third kappa shape index (κ3) is 1.19. The Labute approximate surface area is 65.8 Å². The Hall–Kier alpha value is -1.09. The topological polar surface area (TPSA) is 42.1 Å². The van der Waals surface area contributed by atoms with Gasteiger partial charge >= 0.3 is 0 Å². The standard InChI is InChI=1S/C8H11N3/c9-7-5-11(6-7)8-2-1-3-10-4-8/h1-4,7H,5-6,9H2. The summed E-state index contributed by atoms with van der Waals surface area (Å²) in [6.07, 6.45) is 3.65. The molecule has 1 aromatic heterocycles. The first-order valence-electron chi connectivity index (χ1n) is 3.77. The largest absolute Gasteiger partial charge is 0.367 e. The predicted molar refractivity (Wildman–Crippen MR) is 44.4 cm³/mol. The Morgan fingerprint density at radius 1 is 1.55 bits per heavy atom. The van der Waals surface area contributed by atoms with E-state index in [1.165, 1.54) is 5.69 Å². The molecule has 0 aromatic carbocycles. The van der Waals surface area contributed by atoms with Crippen LogP contribution in [0.5, 0.6) is 0 Å². The van der Waals surface area contributed by atoms with Crippen LogP contribution in [0.3, 0.4) is 0 Å². The van der Waals surface area contributed by atoms with Crippen LogP contribution in [0.1, 0.15) is 0 Å². The van der Waals surface area contributed by atoms with Crippen LogP contribution in [-0.2, 0) is 0 Å². The third-order valence-corrected chi connectivity index (χ3v) is 1.92. The van der Waals surface area contributed by atoms with Crippen molar-refractivity contribution >= 4 is 5.69 Å². The van der Waals surface area contributed by atoms with E-state index in [1.54, 1.807) is 6.20 Å². The first-order valence-corrected chi connectivity index (χ1v) is 3.77. The van der Waals surface area contributed by atoms with Crippen LogP contribution in [0.2, 0.25) is 0 Å². The van der Waals surface area contributed by atoms with Crippen molar-refractivity contribution in [1.29, 1.82) is 0 Å². The van der Waals surface area contributed by atoms with Crippen LogP contribution in [0.15, 0.2) is 24.5 Å². The highest BCUT2D eigenvalue weighted by Gasteiger charge is 2.22. The molecule has 3 nitrogen and oxygen atoms in total. The fourth-order valence-electron chi connectivity index (χ4n) is 1.26. The van der Waals surface area contributed by atoms with Crippen molar-refractivity contribution in [3.8, 4) is 0 Å². The molecule has 11 heavy (non-hydrogen) atoms. The molecule has 0 radical (unpaired) electrons. The third-order valence-electron chi connectivity index (χ3n) is 1.92. The molecular formula is C8H11N3. The maximum Gasteiger partial charge on any atom is 0.0553 e. The molecule has 0 amide bonds. The minimum Gasteiger partial charge on any atom is -0.367 e. The van der Waals surface area contributed by atoms with Gasteiger partial charge in [-0.25, -0.2) is 0 Å². The SMILES string of the molecule is NC1CN(c2cccnc2)C1. The number of anilines is 1. The molecule has 2 heterocycles. The first kappa shape index (κ1) is 6.61. The van der Waals surface area contributed by atoms with Crippen molar-refractivity contribution in [2.75, 3.05) is 18.0 Å². The van der Waals surface area contributed by atoms with Crippen molar-refractivity contribution in [3.63, 3.8) is 0 Å². The van der Waals surface area contributed by atoms with Crippen molar-refractivity contribution < 1.29 is 0 Å². The van der Waals surface area contributed by atoms with Crippen molar-refractivity contribution in [2.24, 2.45) is 5.73 Å². The Kier molecular flexibility index (Phi) is 1.51. The fourth-order valence-corrected chi connectivity index (χ4v) is 1.26. The van der Waals surface area contributed by atoms with Crippen LogP contribution in [0.25, 0.3) is 0 Å². The predicted octanol–water partition coefficient (Wildman–Crippen LogP) is 0.229. The van der Waals surface area contributed by atoms with Crippen molar-refractivity contribution in [3.05, 3.63) is 24.5 Å². The smallest absolute Gasteiger partial charge is 0.0553 e. The summed E-state index contributed by atoms with van der Waals surface area (Å²) in [5.41, 5.74) is 6.82. The Morgan fingerprint density at radius 3 is 2.91 bits per heavy atom. The quantitative estimate of drug-likeness (QED) is 0.621. The number of pyridine rings is 1. The minimum absolute atomic E-state index is 0.357. The van der Waals surface area contributed by atoms with E-state index in [-0.39, 0.29) is 0 Å². The van der Waals surface area contributed by atoms with Gasteiger partial charge in [0.2, 0.25) is 0 Å². The fraction of sp³-hybridized carbons (Fsp3) is 0.375. The molecule has 2 rings (SSSR count). The molecule has 0 spiro atoms. The van der Waals surface area contributed by atoms with Gasteiger partial charge in [-0.05, 0) is 12.1 Å². The van der Waals surface area contributed by atoms with Gasteiger partial charge in [-0.1, -0.05) is 0 Å². The highest BCUT2D eigenvalue weighted by atomic mass is 15.2. The molecule has 1 aliphatic heterocycles. The average molecular weight is 149 g/mol. The van der Waals surface area contributed by atoms with E-state index in [2.05, 4.69) is 16.0 Å². The second kappa shape index (κ2) is 2.51.